The molecule has 0 unspecified atom stereocenters. The van der Waals surface area contributed by atoms with Crippen LogP contribution in [0.3, 0.4) is 0 Å². The van der Waals surface area contributed by atoms with Crippen LogP contribution in [-0.4, -0.2) is 24.8 Å². The molecule has 2 heterocycles. The molecule has 1 aromatic rings. The molecule has 6 heteroatoms. The summed E-state index contributed by atoms with van der Waals surface area (Å²) in [6.45, 7) is 2.37. The van der Waals surface area contributed by atoms with Gasteiger partial charge in [-0.3, -0.25) is 0 Å². The van der Waals surface area contributed by atoms with E-state index in [4.69, 9.17) is 15.3 Å². The van der Waals surface area contributed by atoms with Crippen LogP contribution in [0.15, 0.2) is 16.7 Å². The van der Waals surface area contributed by atoms with Crippen LogP contribution in [0.5, 0.6) is 5.75 Å². The minimum Gasteiger partial charge on any atom is -0.492 e. The van der Waals surface area contributed by atoms with Gasteiger partial charge in [-0.1, -0.05) is 0 Å². The molecule has 0 radical (unpaired) electrons. The highest BCUT2D eigenvalue weighted by Gasteiger charge is 2.15. The van der Waals surface area contributed by atoms with Crippen molar-refractivity contribution in [1.29, 1.82) is 0 Å². The lowest BCUT2D eigenvalue weighted by atomic mass is 10.0. The van der Waals surface area contributed by atoms with E-state index in [2.05, 4.69) is 26.3 Å². The van der Waals surface area contributed by atoms with Crippen LogP contribution in [0.1, 0.15) is 12.8 Å². The van der Waals surface area contributed by atoms with Crippen molar-refractivity contribution in [3.8, 4) is 5.75 Å². The summed E-state index contributed by atoms with van der Waals surface area (Å²) in [6.07, 6.45) is 3.80. The quantitative estimate of drug-likeness (QED) is 0.657. The molecule has 0 amide bonds. The maximum Gasteiger partial charge on any atom is 0.143 e. The molecule has 1 aliphatic heterocycles. The fourth-order valence-corrected chi connectivity index (χ4v) is 2.06. The zero-order valence-corrected chi connectivity index (χ0v) is 11.1. The average molecular weight is 302 g/mol. The molecule has 2 rings (SSSR count). The predicted molar refractivity (Wildman–Crippen MR) is 68.8 cm³/mol. The van der Waals surface area contributed by atoms with Crippen LogP contribution < -0.4 is 16.0 Å². The molecule has 0 atom stereocenters. The lowest BCUT2D eigenvalue weighted by molar-refractivity contribution is 0.0496. The molecule has 3 N–H and O–H groups in total. The van der Waals surface area contributed by atoms with E-state index in [1.807, 2.05) is 0 Å². The van der Waals surface area contributed by atoms with Gasteiger partial charge in [0.05, 0.1) is 11.1 Å². The van der Waals surface area contributed by atoms with E-state index in [1.165, 1.54) is 0 Å². The Morgan fingerprint density at radius 1 is 1.53 bits per heavy atom. The maximum absolute atomic E-state index is 5.78. The van der Waals surface area contributed by atoms with Crippen LogP contribution >= 0.6 is 15.9 Å². The summed E-state index contributed by atoms with van der Waals surface area (Å²) in [7, 11) is 0. The van der Waals surface area contributed by atoms with E-state index in [0.29, 0.717) is 18.3 Å². The Kier molecular flexibility index (Phi) is 4.58. The number of nitrogen functional groups attached to an aromatic ring is 1. The zero-order chi connectivity index (χ0) is 12.1. The molecule has 0 bridgehead atoms. The smallest absolute Gasteiger partial charge is 0.143 e. The molecule has 1 aliphatic rings. The minimum absolute atomic E-state index is 0.568. The second kappa shape index (κ2) is 6.18. The first kappa shape index (κ1) is 12.6. The van der Waals surface area contributed by atoms with Gasteiger partial charge in [0.25, 0.3) is 0 Å². The van der Waals surface area contributed by atoms with E-state index in [1.54, 1.807) is 12.3 Å². The van der Waals surface area contributed by atoms with Crippen molar-refractivity contribution in [2.75, 3.05) is 25.2 Å². The molecule has 0 spiro atoms. The van der Waals surface area contributed by atoms with Gasteiger partial charge in [0.1, 0.15) is 11.6 Å². The van der Waals surface area contributed by atoms with Gasteiger partial charge in [-0.2, -0.15) is 0 Å². The number of hydrazine groups is 1. The fraction of sp³-hybridized carbons (Fsp3) is 0.545. The number of anilines is 1. The zero-order valence-electron chi connectivity index (χ0n) is 9.49. The highest BCUT2D eigenvalue weighted by atomic mass is 79.9. The van der Waals surface area contributed by atoms with Crippen molar-refractivity contribution in [2.24, 2.45) is 11.8 Å². The lowest BCUT2D eigenvalue weighted by Crippen LogP contribution is -2.21. The van der Waals surface area contributed by atoms with Crippen LogP contribution in [0.25, 0.3) is 0 Å². The van der Waals surface area contributed by atoms with Gasteiger partial charge < -0.3 is 14.9 Å². The lowest BCUT2D eigenvalue weighted by Gasteiger charge is -2.22. The molecule has 1 aromatic heterocycles. The predicted octanol–water partition coefficient (Wildman–Crippen LogP) is 1.94. The van der Waals surface area contributed by atoms with Gasteiger partial charge in [0.2, 0.25) is 0 Å². The number of nitrogens with one attached hydrogen (secondary N) is 1. The van der Waals surface area contributed by atoms with Gasteiger partial charge in [-0.05, 0) is 34.7 Å². The molecule has 1 fully saturated rings. The largest absolute Gasteiger partial charge is 0.492 e. The van der Waals surface area contributed by atoms with E-state index in [0.717, 1.165) is 36.3 Å². The van der Waals surface area contributed by atoms with Crippen molar-refractivity contribution < 1.29 is 9.47 Å². The molecule has 5 nitrogen and oxygen atoms in total. The van der Waals surface area contributed by atoms with Crippen molar-refractivity contribution in [1.82, 2.24) is 4.98 Å². The first-order chi connectivity index (χ1) is 8.29. The van der Waals surface area contributed by atoms with Gasteiger partial charge in [-0.15, -0.1) is 0 Å². The van der Waals surface area contributed by atoms with Crippen LogP contribution in [-0.2, 0) is 4.74 Å². The van der Waals surface area contributed by atoms with Gasteiger partial charge >= 0.3 is 0 Å². The average Bonchev–Trinajstić information content (AvgIpc) is 2.39. The van der Waals surface area contributed by atoms with E-state index in [9.17, 15) is 0 Å². The molecule has 94 valence electrons. The fourth-order valence-electron chi connectivity index (χ4n) is 1.73. The first-order valence-electron chi connectivity index (χ1n) is 5.62. The van der Waals surface area contributed by atoms with E-state index in [-0.39, 0.29) is 0 Å². The number of nitrogens with zero attached hydrogens (tertiary/aromatic N) is 1. The number of rotatable bonds is 4. The Labute approximate surface area is 109 Å². The van der Waals surface area contributed by atoms with Crippen LogP contribution in [0.4, 0.5) is 5.82 Å². The standard InChI is InChI=1S/C11H16BrN3O2/c12-9-6-14-11(15-13)5-10(9)17-7-8-1-3-16-4-2-8/h5-6,8H,1-4,7,13H2,(H,14,15). The molecule has 0 aliphatic carbocycles. The third-order valence-corrected chi connectivity index (χ3v) is 3.38. The minimum atomic E-state index is 0.568. The number of aromatic nitrogens is 1. The number of pyridine rings is 1. The van der Waals surface area contributed by atoms with Crippen molar-refractivity contribution in [2.45, 2.75) is 12.8 Å². The molecule has 17 heavy (non-hydrogen) atoms. The second-order valence-electron chi connectivity index (χ2n) is 4.01. The summed E-state index contributed by atoms with van der Waals surface area (Å²) in [4.78, 5) is 4.07. The summed E-state index contributed by atoms with van der Waals surface area (Å²) in [6, 6.07) is 1.78. The molecule has 0 aromatic carbocycles. The molecule has 0 saturated carbocycles. The van der Waals surface area contributed by atoms with Crippen molar-refractivity contribution >= 4 is 21.7 Å². The third kappa shape index (κ3) is 3.55. The normalized spacial score (nSPS) is 16.8. The molecular weight excluding hydrogens is 286 g/mol. The number of hydrogen-bond acceptors (Lipinski definition) is 5. The summed E-state index contributed by atoms with van der Waals surface area (Å²) < 4.78 is 11.9. The topological polar surface area (TPSA) is 69.4 Å². The second-order valence-corrected chi connectivity index (χ2v) is 4.87. The first-order valence-corrected chi connectivity index (χ1v) is 6.41. The number of halogens is 1. The Morgan fingerprint density at radius 2 is 2.29 bits per heavy atom. The monoisotopic (exact) mass is 301 g/mol. The Morgan fingerprint density at radius 3 is 3.00 bits per heavy atom. The van der Waals surface area contributed by atoms with Crippen LogP contribution in [0.2, 0.25) is 0 Å². The molecular formula is C11H16BrN3O2. The number of ether oxygens (including phenoxy) is 2. The number of hydrogen-bond donors (Lipinski definition) is 2. The number of nitrogens with two attached hydrogens (primary N) is 1. The maximum atomic E-state index is 5.78. The molecule has 1 saturated heterocycles. The van der Waals surface area contributed by atoms with Crippen molar-refractivity contribution in [3.05, 3.63) is 16.7 Å². The highest BCUT2D eigenvalue weighted by Crippen LogP contribution is 2.27. The van der Waals surface area contributed by atoms with Gasteiger partial charge in [-0.25, -0.2) is 10.8 Å². The van der Waals surface area contributed by atoms with E-state index < -0.39 is 0 Å². The summed E-state index contributed by atoms with van der Waals surface area (Å²) in [5.74, 6) is 7.23. The SMILES string of the molecule is NNc1cc(OCC2CCOCC2)c(Br)cn1. The highest BCUT2D eigenvalue weighted by molar-refractivity contribution is 9.10. The Bertz CT molecular complexity index is 370. The third-order valence-electron chi connectivity index (χ3n) is 2.78. The Balaban J connectivity index is 1.92. The van der Waals surface area contributed by atoms with Gasteiger partial charge in [0, 0.05) is 25.5 Å². The van der Waals surface area contributed by atoms with Gasteiger partial charge in [0.15, 0.2) is 0 Å². The van der Waals surface area contributed by atoms with E-state index >= 15 is 0 Å². The summed E-state index contributed by atoms with van der Waals surface area (Å²) in [5, 5.41) is 0. The van der Waals surface area contributed by atoms with Crippen molar-refractivity contribution in [3.63, 3.8) is 0 Å². The Hall–Kier alpha value is -0.850. The summed E-state index contributed by atoms with van der Waals surface area (Å²) in [5.41, 5.74) is 2.50. The summed E-state index contributed by atoms with van der Waals surface area (Å²) >= 11 is 3.40. The van der Waals surface area contributed by atoms with Crippen LogP contribution in [0, 0.1) is 5.92 Å².